The van der Waals surface area contributed by atoms with Crippen molar-refractivity contribution >= 4 is 11.8 Å². The minimum Gasteiger partial charge on any atom is -0.493 e. The highest BCUT2D eigenvalue weighted by molar-refractivity contribution is 5.70. The normalized spacial score (nSPS) is 11.5. The summed E-state index contributed by atoms with van der Waals surface area (Å²) in [7, 11) is 1.86. The van der Waals surface area contributed by atoms with Crippen molar-refractivity contribution in [2.45, 2.75) is 32.1 Å². The highest BCUT2D eigenvalue weighted by Crippen LogP contribution is 2.25. The van der Waals surface area contributed by atoms with E-state index in [1.807, 2.05) is 74.8 Å². The van der Waals surface area contributed by atoms with Crippen LogP contribution in [-0.4, -0.2) is 36.2 Å². The first-order chi connectivity index (χ1) is 15.2. The fraction of sp³-hybridized carbons (Fsp3) is 0.320. The van der Waals surface area contributed by atoms with E-state index < -0.39 is 0 Å². The van der Waals surface area contributed by atoms with Crippen molar-refractivity contribution in [1.29, 1.82) is 0 Å². The number of pyridine rings is 2. The van der Waals surface area contributed by atoms with Crippen LogP contribution in [0.1, 0.15) is 36.1 Å². The SMILES string of the molecule is CCOC(=O)C[C@H](Cc1ccc(OCCc2cccc(NC)n2)cc1)c1cccnc1. The first-order valence-corrected chi connectivity index (χ1v) is 10.6. The maximum atomic E-state index is 12.1. The Balaban J connectivity index is 1.57. The molecule has 1 atom stereocenters. The molecule has 0 aliphatic heterocycles. The van der Waals surface area contributed by atoms with Gasteiger partial charge in [-0.2, -0.15) is 0 Å². The van der Waals surface area contributed by atoms with Crippen LogP contribution in [0.15, 0.2) is 67.0 Å². The molecule has 0 amide bonds. The Hall–Kier alpha value is -3.41. The molecule has 2 heterocycles. The molecule has 162 valence electrons. The molecular formula is C25H29N3O3. The van der Waals surface area contributed by atoms with Crippen LogP contribution in [-0.2, 0) is 22.4 Å². The van der Waals surface area contributed by atoms with Crippen molar-refractivity contribution in [3.05, 3.63) is 83.8 Å². The molecule has 0 bridgehead atoms. The van der Waals surface area contributed by atoms with Crippen LogP contribution in [0.5, 0.6) is 5.75 Å². The van der Waals surface area contributed by atoms with Gasteiger partial charge in [0.25, 0.3) is 0 Å². The van der Waals surface area contributed by atoms with Crippen molar-refractivity contribution < 1.29 is 14.3 Å². The van der Waals surface area contributed by atoms with Crippen LogP contribution in [0, 0.1) is 0 Å². The number of hydrogen-bond donors (Lipinski definition) is 1. The largest absolute Gasteiger partial charge is 0.493 e. The number of hydrogen-bond acceptors (Lipinski definition) is 6. The van der Waals surface area contributed by atoms with E-state index in [0.717, 1.165) is 41.2 Å². The molecule has 0 unspecified atom stereocenters. The number of esters is 1. The van der Waals surface area contributed by atoms with E-state index in [0.29, 0.717) is 19.6 Å². The molecule has 31 heavy (non-hydrogen) atoms. The summed E-state index contributed by atoms with van der Waals surface area (Å²) in [4.78, 5) is 20.8. The maximum Gasteiger partial charge on any atom is 0.306 e. The van der Waals surface area contributed by atoms with Gasteiger partial charge in [0.2, 0.25) is 0 Å². The summed E-state index contributed by atoms with van der Waals surface area (Å²) in [6.45, 7) is 2.77. The summed E-state index contributed by atoms with van der Waals surface area (Å²) >= 11 is 0. The van der Waals surface area contributed by atoms with Crippen LogP contribution in [0.4, 0.5) is 5.82 Å². The molecule has 6 heteroatoms. The van der Waals surface area contributed by atoms with Crippen LogP contribution in [0.3, 0.4) is 0 Å². The van der Waals surface area contributed by atoms with Crippen LogP contribution >= 0.6 is 0 Å². The number of rotatable bonds is 11. The van der Waals surface area contributed by atoms with Gasteiger partial charge in [-0.15, -0.1) is 0 Å². The van der Waals surface area contributed by atoms with Gasteiger partial charge in [-0.05, 0) is 60.7 Å². The second-order valence-corrected chi connectivity index (χ2v) is 7.20. The Labute approximate surface area is 183 Å². The van der Waals surface area contributed by atoms with E-state index in [1.165, 1.54) is 0 Å². The van der Waals surface area contributed by atoms with Gasteiger partial charge >= 0.3 is 5.97 Å². The van der Waals surface area contributed by atoms with E-state index in [9.17, 15) is 4.79 Å². The zero-order chi connectivity index (χ0) is 21.9. The van der Waals surface area contributed by atoms with Crippen molar-refractivity contribution in [3.63, 3.8) is 0 Å². The molecule has 0 spiro atoms. The molecule has 1 N–H and O–H groups in total. The van der Waals surface area contributed by atoms with Crippen molar-refractivity contribution in [1.82, 2.24) is 9.97 Å². The molecular weight excluding hydrogens is 390 g/mol. The lowest BCUT2D eigenvalue weighted by molar-refractivity contribution is -0.143. The van der Waals surface area contributed by atoms with Gasteiger partial charge in [0.1, 0.15) is 11.6 Å². The fourth-order valence-electron chi connectivity index (χ4n) is 3.38. The van der Waals surface area contributed by atoms with E-state index in [4.69, 9.17) is 9.47 Å². The number of nitrogens with zero attached hydrogens (tertiary/aromatic N) is 2. The average molecular weight is 420 g/mol. The molecule has 3 aromatic rings. The molecule has 3 rings (SSSR count). The van der Waals surface area contributed by atoms with Gasteiger partial charge in [-0.25, -0.2) is 4.98 Å². The minimum atomic E-state index is -0.188. The van der Waals surface area contributed by atoms with E-state index in [-0.39, 0.29) is 11.9 Å². The monoisotopic (exact) mass is 419 g/mol. The Bertz CT molecular complexity index is 946. The van der Waals surface area contributed by atoms with E-state index in [2.05, 4.69) is 15.3 Å². The molecule has 2 aromatic heterocycles. The number of aromatic nitrogens is 2. The number of anilines is 1. The van der Waals surface area contributed by atoms with Gasteiger partial charge in [-0.1, -0.05) is 24.3 Å². The topological polar surface area (TPSA) is 73.3 Å². The molecule has 6 nitrogen and oxygen atoms in total. The highest BCUT2D eigenvalue weighted by Gasteiger charge is 2.18. The van der Waals surface area contributed by atoms with Gasteiger partial charge in [0.05, 0.1) is 19.6 Å². The molecule has 0 saturated heterocycles. The van der Waals surface area contributed by atoms with Crippen LogP contribution in [0.25, 0.3) is 0 Å². The van der Waals surface area contributed by atoms with E-state index >= 15 is 0 Å². The molecule has 0 radical (unpaired) electrons. The van der Waals surface area contributed by atoms with Gasteiger partial charge < -0.3 is 14.8 Å². The molecule has 1 aromatic carbocycles. The molecule has 0 fully saturated rings. The second kappa shape index (κ2) is 11.7. The average Bonchev–Trinajstić information content (AvgIpc) is 2.80. The zero-order valence-corrected chi connectivity index (χ0v) is 18.1. The first-order valence-electron chi connectivity index (χ1n) is 10.6. The number of ether oxygens (including phenoxy) is 2. The summed E-state index contributed by atoms with van der Waals surface area (Å²) in [6.07, 6.45) is 5.35. The summed E-state index contributed by atoms with van der Waals surface area (Å²) in [6, 6.07) is 17.8. The fourth-order valence-corrected chi connectivity index (χ4v) is 3.38. The number of benzene rings is 1. The molecule has 0 saturated carbocycles. The predicted octanol–water partition coefficient (Wildman–Crippen LogP) is 4.42. The van der Waals surface area contributed by atoms with Crippen LogP contribution in [0.2, 0.25) is 0 Å². The van der Waals surface area contributed by atoms with Gasteiger partial charge in [-0.3, -0.25) is 9.78 Å². The number of nitrogens with one attached hydrogen (secondary N) is 1. The Morgan fingerprint density at radius 3 is 2.65 bits per heavy atom. The lowest BCUT2D eigenvalue weighted by Crippen LogP contribution is -2.13. The second-order valence-electron chi connectivity index (χ2n) is 7.20. The van der Waals surface area contributed by atoms with Gasteiger partial charge in [0, 0.05) is 31.6 Å². The Morgan fingerprint density at radius 2 is 1.94 bits per heavy atom. The van der Waals surface area contributed by atoms with Gasteiger partial charge in [0.15, 0.2) is 0 Å². The number of carbonyl (C=O) groups is 1. The lowest BCUT2D eigenvalue weighted by atomic mass is 9.90. The van der Waals surface area contributed by atoms with Crippen LogP contribution < -0.4 is 10.1 Å². The van der Waals surface area contributed by atoms with Crippen molar-refractivity contribution in [2.75, 3.05) is 25.6 Å². The summed E-state index contributed by atoms with van der Waals surface area (Å²) in [5.74, 6) is 1.50. The quantitative estimate of drug-likeness (QED) is 0.464. The highest BCUT2D eigenvalue weighted by atomic mass is 16.5. The first kappa shape index (κ1) is 22.3. The number of carbonyl (C=O) groups excluding carboxylic acids is 1. The smallest absolute Gasteiger partial charge is 0.306 e. The predicted molar refractivity (Wildman–Crippen MR) is 121 cm³/mol. The van der Waals surface area contributed by atoms with Crippen molar-refractivity contribution in [3.8, 4) is 5.75 Å². The minimum absolute atomic E-state index is 0.0186. The third-order valence-electron chi connectivity index (χ3n) is 4.97. The lowest BCUT2D eigenvalue weighted by Gasteiger charge is -2.17. The van der Waals surface area contributed by atoms with Crippen molar-refractivity contribution in [2.24, 2.45) is 0 Å². The molecule has 0 aliphatic rings. The Morgan fingerprint density at radius 1 is 1.10 bits per heavy atom. The summed E-state index contributed by atoms with van der Waals surface area (Å²) in [5.41, 5.74) is 3.16. The maximum absolute atomic E-state index is 12.1. The standard InChI is InChI=1S/C25H29N3O3/c1-3-30-25(29)17-21(20-6-5-14-27-18-20)16-19-9-11-23(12-10-19)31-15-13-22-7-4-8-24(26-2)28-22/h4-12,14,18,21H,3,13,15-17H2,1-2H3,(H,26,28)/t21-/m0/s1. The summed E-state index contributed by atoms with van der Waals surface area (Å²) in [5, 5.41) is 3.04. The zero-order valence-electron chi connectivity index (χ0n) is 18.1. The summed E-state index contributed by atoms with van der Waals surface area (Å²) < 4.78 is 11.0. The third kappa shape index (κ3) is 7.10. The third-order valence-corrected chi connectivity index (χ3v) is 4.97. The van der Waals surface area contributed by atoms with E-state index in [1.54, 1.807) is 6.20 Å². The Kier molecular flexibility index (Phi) is 8.40. The molecule has 0 aliphatic carbocycles.